The van der Waals surface area contributed by atoms with Gasteiger partial charge in [0, 0.05) is 18.7 Å². The second-order valence-corrected chi connectivity index (χ2v) is 4.17. The molecule has 0 unspecified atom stereocenters. The summed E-state index contributed by atoms with van der Waals surface area (Å²) in [5, 5.41) is 0. The van der Waals surface area contributed by atoms with Gasteiger partial charge in [0.25, 0.3) is 0 Å². The predicted octanol–water partition coefficient (Wildman–Crippen LogP) is 2.34. The monoisotopic (exact) mass is 203 g/mol. The summed E-state index contributed by atoms with van der Waals surface area (Å²) >= 11 is 0. The molecule has 0 bridgehead atoms. The van der Waals surface area contributed by atoms with Gasteiger partial charge < -0.3 is 4.90 Å². The Morgan fingerprint density at radius 3 is 2.80 bits per heavy atom. The third kappa shape index (κ3) is 2.04. The summed E-state index contributed by atoms with van der Waals surface area (Å²) in [5.41, 5.74) is 3.92. The highest BCUT2D eigenvalue weighted by molar-refractivity contribution is 5.87. The number of benzene rings is 1. The average molecular weight is 203 g/mol. The highest BCUT2D eigenvalue weighted by Gasteiger charge is 2.19. The van der Waals surface area contributed by atoms with Crippen molar-refractivity contribution >= 4 is 11.5 Å². The van der Waals surface area contributed by atoms with E-state index in [9.17, 15) is 4.79 Å². The minimum Gasteiger partial charge on any atom is -0.364 e. The molecule has 0 saturated carbocycles. The van der Waals surface area contributed by atoms with Gasteiger partial charge >= 0.3 is 0 Å². The lowest BCUT2D eigenvalue weighted by molar-refractivity contribution is -0.116. The van der Waals surface area contributed by atoms with Crippen molar-refractivity contribution in [3.8, 4) is 0 Å². The van der Waals surface area contributed by atoms with Crippen molar-refractivity contribution in [1.82, 2.24) is 0 Å². The molecular formula is C13H17NO. The van der Waals surface area contributed by atoms with Crippen LogP contribution < -0.4 is 4.90 Å². The van der Waals surface area contributed by atoms with E-state index in [1.165, 1.54) is 16.8 Å². The third-order valence-corrected chi connectivity index (χ3v) is 3.11. The molecular weight excluding hydrogens is 186 g/mol. The first-order valence-corrected chi connectivity index (χ1v) is 5.57. The number of rotatable bonds is 2. The van der Waals surface area contributed by atoms with Crippen molar-refractivity contribution in [2.45, 2.75) is 26.7 Å². The number of anilines is 1. The lowest BCUT2D eigenvalue weighted by Gasteiger charge is -2.18. The van der Waals surface area contributed by atoms with Gasteiger partial charge in [0.2, 0.25) is 0 Å². The molecule has 2 nitrogen and oxygen atoms in total. The van der Waals surface area contributed by atoms with E-state index in [1.54, 1.807) is 0 Å². The molecule has 80 valence electrons. The molecule has 15 heavy (non-hydrogen) atoms. The molecule has 0 radical (unpaired) electrons. The van der Waals surface area contributed by atoms with Crippen molar-refractivity contribution in [2.24, 2.45) is 0 Å². The van der Waals surface area contributed by atoms with Gasteiger partial charge in [-0.05, 0) is 36.6 Å². The van der Waals surface area contributed by atoms with E-state index in [0.717, 1.165) is 13.0 Å². The normalized spacial score (nSPS) is 16.1. The highest BCUT2D eigenvalue weighted by atomic mass is 16.1. The zero-order valence-corrected chi connectivity index (χ0v) is 9.42. The topological polar surface area (TPSA) is 20.3 Å². The van der Waals surface area contributed by atoms with Crippen LogP contribution in [0.5, 0.6) is 0 Å². The molecule has 0 aliphatic carbocycles. The van der Waals surface area contributed by atoms with E-state index >= 15 is 0 Å². The predicted molar refractivity (Wildman–Crippen MR) is 62.4 cm³/mol. The summed E-state index contributed by atoms with van der Waals surface area (Å²) in [4.78, 5) is 13.4. The Bertz CT molecular complexity index is 384. The Morgan fingerprint density at radius 1 is 1.40 bits per heavy atom. The Labute approximate surface area is 90.9 Å². The fourth-order valence-electron chi connectivity index (χ4n) is 2.09. The minimum atomic E-state index is 0.355. The molecule has 0 N–H and O–H groups in total. The van der Waals surface area contributed by atoms with E-state index in [1.807, 2.05) is 0 Å². The molecule has 1 heterocycles. The Kier molecular flexibility index (Phi) is 2.76. The first-order valence-electron chi connectivity index (χ1n) is 5.57. The van der Waals surface area contributed by atoms with Crippen molar-refractivity contribution in [3.05, 3.63) is 29.3 Å². The second-order valence-electron chi connectivity index (χ2n) is 4.17. The number of nitrogens with zero attached hydrogens (tertiary/aromatic N) is 1. The maximum Gasteiger partial charge on any atom is 0.153 e. The summed E-state index contributed by atoms with van der Waals surface area (Å²) < 4.78 is 0. The highest BCUT2D eigenvalue weighted by Crippen LogP contribution is 2.22. The molecule has 0 aromatic heterocycles. The van der Waals surface area contributed by atoms with Crippen LogP contribution in [0.25, 0.3) is 0 Å². The van der Waals surface area contributed by atoms with E-state index in [0.29, 0.717) is 18.7 Å². The SMILES string of the molecule is CCc1cc(N2CCC(=O)C2)ccc1C. The van der Waals surface area contributed by atoms with E-state index in [4.69, 9.17) is 0 Å². The summed E-state index contributed by atoms with van der Waals surface area (Å²) in [7, 11) is 0. The Hall–Kier alpha value is -1.31. The van der Waals surface area contributed by atoms with Crippen molar-refractivity contribution in [2.75, 3.05) is 18.0 Å². The zero-order chi connectivity index (χ0) is 10.8. The van der Waals surface area contributed by atoms with Gasteiger partial charge in [-0.15, -0.1) is 0 Å². The molecule has 1 aromatic carbocycles. The van der Waals surface area contributed by atoms with Crippen LogP contribution in [-0.2, 0) is 11.2 Å². The molecule has 1 aliphatic rings. The first-order chi connectivity index (χ1) is 7.20. The largest absolute Gasteiger partial charge is 0.364 e. The van der Waals surface area contributed by atoms with Crippen LogP contribution in [0.15, 0.2) is 18.2 Å². The van der Waals surface area contributed by atoms with Crippen LogP contribution in [0.1, 0.15) is 24.5 Å². The van der Waals surface area contributed by atoms with E-state index in [-0.39, 0.29) is 0 Å². The second kappa shape index (κ2) is 4.05. The lowest BCUT2D eigenvalue weighted by Crippen LogP contribution is -2.19. The molecule has 0 spiro atoms. The number of carbonyl (C=O) groups excluding carboxylic acids is 1. The summed E-state index contributed by atoms with van der Waals surface area (Å²) in [6, 6.07) is 6.48. The molecule has 0 amide bonds. The standard InChI is InChI=1S/C13H17NO/c1-3-11-8-12(5-4-10(11)2)14-7-6-13(15)9-14/h4-5,8H,3,6-7,9H2,1-2H3. The molecule has 1 fully saturated rings. The van der Waals surface area contributed by atoms with Crippen LogP contribution in [-0.4, -0.2) is 18.9 Å². The van der Waals surface area contributed by atoms with Gasteiger partial charge in [-0.1, -0.05) is 13.0 Å². The minimum absolute atomic E-state index is 0.355. The van der Waals surface area contributed by atoms with Crippen molar-refractivity contribution in [1.29, 1.82) is 0 Å². The molecule has 1 aromatic rings. The van der Waals surface area contributed by atoms with Crippen LogP contribution in [0, 0.1) is 6.92 Å². The van der Waals surface area contributed by atoms with Crippen LogP contribution in [0.4, 0.5) is 5.69 Å². The fourth-order valence-corrected chi connectivity index (χ4v) is 2.09. The maximum atomic E-state index is 11.2. The maximum absolute atomic E-state index is 11.2. The Balaban J connectivity index is 2.25. The van der Waals surface area contributed by atoms with Crippen LogP contribution in [0.3, 0.4) is 0 Å². The summed E-state index contributed by atoms with van der Waals surface area (Å²) in [6.07, 6.45) is 1.76. The third-order valence-electron chi connectivity index (χ3n) is 3.11. The van der Waals surface area contributed by atoms with Gasteiger partial charge in [0.15, 0.2) is 5.78 Å². The van der Waals surface area contributed by atoms with Crippen LogP contribution >= 0.6 is 0 Å². The first kappa shape index (κ1) is 10.2. The van der Waals surface area contributed by atoms with Gasteiger partial charge in [0.05, 0.1) is 6.54 Å². The molecule has 1 saturated heterocycles. The quantitative estimate of drug-likeness (QED) is 0.735. The van der Waals surface area contributed by atoms with Crippen molar-refractivity contribution < 1.29 is 4.79 Å². The number of aryl methyl sites for hydroxylation is 2. The average Bonchev–Trinajstić information content (AvgIpc) is 2.66. The number of Topliss-reactive ketones (excluding diaryl/α,β-unsaturated/α-hetero) is 1. The molecule has 1 aliphatic heterocycles. The van der Waals surface area contributed by atoms with Gasteiger partial charge in [0.1, 0.15) is 0 Å². The summed E-state index contributed by atoms with van der Waals surface area (Å²) in [5.74, 6) is 0.355. The Morgan fingerprint density at radius 2 is 2.20 bits per heavy atom. The number of hydrogen-bond donors (Lipinski definition) is 0. The van der Waals surface area contributed by atoms with Gasteiger partial charge in [-0.3, -0.25) is 4.79 Å². The van der Waals surface area contributed by atoms with Crippen LogP contribution in [0.2, 0.25) is 0 Å². The number of ketones is 1. The van der Waals surface area contributed by atoms with Gasteiger partial charge in [-0.25, -0.2) is 0 Å². The lowest BCUT2D eigenvalue weighted by atomic mass is 10.1. The van der Waals surface area contributed by atoms with E-state index in [2.05, 4.69) is 36.9 Å². The van der Waals surface area contributed by atoms with Crippen molar-refractivity contribution in [3.63, 3.8) is 0 Å². The zero-order valence-electron chi connectivity index (χ0n) is 9.42. The van der Waals surface area contributed by atoms with E-state index < -0.39 is 0 Å². The molecule has 2 heteroatoms. The number of carbonyl (C=O) groups is 1. The fraction of sp³-hybridized carbons (Fsp3) is 0.462. The number of hydrogen-bond acceptors (Lipinski definition) is 2. The smallest absolute Gasteiger partial charge is 0.153 e. The molecule has 2 rings (SSSR count). The summed E-state index contributed by atoms with van der Waals surface area (Å²) in [6.45, 7) is 5.77. The molecule has 0 atom stereocenters. The van der Waals surface area contributed by atoms with Gasteiger partial charge in [-0.2, -0.15) is 0 Å².